The second-order valence-electron chi connectivity index (χ2n) is 5.43. The molecule has 0 fully saturated rings. The predicted octanol–water partition coefficient (Wildman–Crippen LogP) is 1.14. The molecule has 0 rings (SSSR count). The third-order valence-corrected chi connectivity index (χ3v) is 3.06. The van der Waals surface area contributed by atoms with Crippen LogP contribution in [0.4, 0.5) is 0 Å². The maximum Gasteiger partial charge on any atom is 1.00 e. The first-order chi connectivity index (χ1) is 10.8. The third-order valence-electron chi connectivity index (χ3n) is 3.06. The summed E-state index contributed by atoms with van der Waals surface area (Å²) >= 11 is 0. The molecule has 146 valence electrons. The standard InChI is InChI=1S/C14H30.C2H6O2.Na.H2O4S.H/c1-3-5-7-9-11-13-14-12-10-8-6-4-2;3-1-2-4;;1-5(2,3)4;/h3-14H2,1-2H3;3-4H,1-2H2;;(H2,1,2,3,4);/q;;+1;;-1. The Bertz CT molecular complexity index is 270. The van der Waals surface area contributed by atoms with Crippen LogP contribution in [-0.4, -0.2) is 41.0 Å². The van der Waals surface area contributed by atoms with Gasteiger partial charge in [-0.15, -0.1) is 0 Å². The number of rotatable bonds is 12. The number of aliphatic hydroxyl groups excluding tert-OH is 2. The first-order valence-corrected chi connectivity index (χ1v) is 10.1. The van der Waals surface area contributed by atoms with Gasteiger partial charge >= 0.3 is 40.0 Å². The van der Waals surface area contributed by atoms with E-state index in [0.717, 1.165) is 0 Å². The van der Waals surface area contributed by atoms with E-state index in [1.54, 1.807) is 0 Å². The van der Waals surface area contributed by atoms with E-state index < -0.39 is 10.4 Å². The molecule has 24 heavy (non-hydrogen) atoms. The van der Waals surface area contributed by atoms with Crippen molar-refractivity contribution in [2.75, 3.05) is 13.2 Å². The van der Waals surface area contributed by atoms with Crippen LogP contribution in [0.15, 0.2) is 0 Å². The molecule has 6 nitrogen and oxygen atoms in total. The molecule has 0 aliphatic carbocycles. The molecule has 0 bridgehead atoms. The number of aliphatic hydroxyl groups is 2. The Morgan fingerprint density at radius 1 is 0.625 bits per heavy atom. The fourth-order valence-corrected chi connectivity index (χ4v) is 1.91. The molecule has 8 heteroatoms. The van der Waals surface area contributed by atoms with Crippen LogP contribution < -0.4 is 29.6 Å². The summed E-state index contributed by atoms with van der Waals surface area (Å²) in [7, 11) is -4.67. The van der Waals surface area contributed by atoms with Crippen molar-refractivity contribution in [3.63, 3.8) is 0 Å². The van der Waals surface area contributed by atoms with E-state index in [1.807, 2.05) is 0 Å². The van der Waals surface area contributed by atoms with Gasteiger partial charge in [-0.3, -0.25) is 9.11 Å². The van der Waals surface area contributed by atoms with E-state index in [-0.39, 0.29) is 44.2 Å². The zero-order valence-corrected chi connectivity index (χ0v) is 18.7. The van der Waals surface area contributed by atoms with Crippen LogP contribution in [-0.2, 0) is 10.4 Å². The van der Waals surface area contributed by atoms with Gasteiger partial charge < -0.3 is 11.6 Å². The topological polar surface area (TPSA) is 115 Å². The van der Waals surface area contributed by atoms with Crippen molar-refractivity contribution in [2.24, 2.45) is 0 Å². The van der Waals surface area contributed by atoms with Gasteiger partial charge in [0.25, 0.3) is 0 Å². The van der Waals surface area contributed by atoms with Crippen molar-refractivity contribution >= 4 is 10.4 Å². The minimum absolute atomic E-state index is 0. The van der Waals surface area contributed by atoms with Crippen molar-refractivity contribution in [1.29, 1.82) is 0 Å². The van der Waals surface area contributed by atoms with Crippen molar-refractivity contribution in [2.45, 2.75) is 90.9 Å². The normalized spacial score (nSPS) is 9.92. The predicted molar refractivity (Wildman–Crippen MR) is 96.2 cm³/mol. The van der Waals surface area contributed by atoms with Gasteiger partial charge in [0, 0.05) is 0 Å². The van der Waals surface area contributed by atoms with Gasteiger partial charge in [0.15, 0.2) is 0 Å². The second-order valence-corrected chi connectivity index (χ2v) is 6.33. The summed E-state index contributed by atoms with van der Waals surface area (Å²) in [6, 6.07) is 0. The van der Waals surface area contributed by atoms with Gasteiger partial charge in [-0.25, -0.2) is 0 Å². The van der Waals surface area contributed by atoms with Crippen LogP contribution in [0.3, 0.4) is 0 Å². The van der Waals surface area contributed by atoms with E-state index in [9.17, 15) is 0 Å². The zero-order valence-electron chi connectivity index (χ0n) is 16.9. The van der Waals surface area contributed by atoms with E-state index in [0.29, 0.717) is 0 Å². The van der Waals surface area contributed by atoms with E-state index >= 15 is 0 Å². The van der Waals surface area contributed by atoms with Crippen molar-refractivity contribution < 1.29 is 58.7 Å². The van der Waals surface area contributed by atoms with Crippen LogP contribution in [0.1, 0.15) is 92.3 Å². The van der Waals surface area contributed by atoms with Crippen LogP contribution in [0.2, 0.25) is 0 Å². The molecule has 0 unspecified atom stereocenters. The zero-order chi connectivity index (χ0) is 18.4. The molecular formula is C16H39NaO6S. The van der Waals surface area contributed by atoms with Crippen LogP contribution in [0.5, 0.6) is 0 Å². The van der Waals surface area contributed by atoms with Crippen molar-refractivity contribution in [3.05, 3.63) is 0 Å². The third kappa shape index (κ3) is 66.1. The molecule has 0 aromatic carbocycles. The summed E-state index contributed by atoms with van der Waals surface area (Å²) in [5.41, 5.74) is 0. The van der Waals surface area contributed by atoms with E-state index in [2.05, 4.69) is 13.8 Å². The van der Waals surface area contributed by atoms with Crippen molar-refractivity contribution in [1.82, 2.24) is 0 Å². The summed E-state index contributed by atoms with van der Waals surface area (Å²) in [5, 5.41) is 15.2. The monoisotopic (exact) mass is 382 g/mol. The number of hydrogen-bond donors (Lipinski definition) is 4. The summed E-state index contributed by atoms with van der Waals surface area (Å²) in [4.78, 5) is 0. The van der Waals surface area contributed by atoms with Crippen molar-refractivity contribution in [3.8, 4) is 0 Å². The Labute approximate surface area is 172 Å². The molecule has 0 aliphatic rings. The molecule has 0 aromatic heterocycles. The van der Waals surface area contributed by atoms with E-state index in [1.165, 1.54) is 77.0 Å². The van der Waals surface area contributed by atoms with E-state index in [4.69, 9.17) is 27.7 Å². The average molecular weight is 383 g/mol. The molecule has 0 radical (unpaired) electrons. The van der Waals surface area contributed by atoms with Gasteiger partial charge in [-0.05, 0) is 0 Å². The van der Waals surface area contributed by atoms with Gasteiger partial charge in [0.1, 0.15) is 0 Å². The summed E-state index contributed by atoms with van der Waals surface area (Å²) in [6.07, 6.45) is 17.4. The Balaban J connectivity index is -0.000000102. The minimum atomic E-state index is -4.67. The maximum absolute atomic E-state index is 8.74. The molecule has 0 atom stereocenters. The summed E-state index contributed by atoms with van der Waals surface area (Å²) < 4.78 is 31.6. The fourth-order valence-electron chi connectivity index (χ4n) is 1.91. The average Bonchev–Trinajstić information content (AvgIpc) is 2.48. The summed E-state index contributed by atoms with van der Waals surface area (Å²) in [6.45, 7) is 4.32. The van der Waals surface area contributed by atoms with Gasteiger partial charge in [-0.1, -0.05) is 90.9 Å². The van der Waals surface area contributed by atoms with Crippen LogP contribution in [0, 0.1) is 0 Å². The maximum atomic E-state index is 8.74. The SMILES string of the molecule is CCCCCCCCCCCCCC.O=S(=O)(O)O.OCCO.[H-].[Na+]. The molecular weight excluding hydrogens is 343 g/mol. The Kier molecular flexibility index (Phi) is 38.7. The molecule has 0 heterocycles. The van der Waals surface area contributed by atoms with Gasteiger partial charge in [0.05, 0.1) is 13.2 Å². The minimum Gasteiger partial charge on any atom is -1.00 e. The number of hydrogen-bond acceptors (Lipinski definition) is 4. The molecule has 4 N–H and O–H groups in total. The smallest absolute Gasteiger partial charge is 1.00 e. The fraction of sp³-hybridized carbons (Fsp3) is 1.00. The molecule has 0 spiro atoms. The Morgan fingerprint density at radius 2 is 0.792 bits per heavy atom. The molecule has 0 saturated heterocycles. The second kappa shape index (κ2) is 28.6. The first-order valence-electron chi connectivity index (χ1n) is 8.75. The van der Waals surface area contributed by atoms with Crippen LogP contribution in [0.25, 0.3) is 0 Å². The molecule has 0 aromatic rings. The largest absolute Gasteiger partial charge is 1.00 e. The van der Waals surface area contributed by atoms with Gasteiger partial charge in [0.2, 0.25) is 0 Å². The Hall–Kier alpha value is 0.790. The number of unbranched alkanes of at least 4 members (excludes halogenated alkanes) is 11. The quantitative estimate of drug-likeness (QED) is 0.229. The molecule has 0 aliphatic heterocycles. The first kappa shape index (κ1) is 32.5. The molecule has 0 amide bonds. The summed E-state index contributed by atoms with van der Waals surface area (Å²) in [5.74, 6) is 0. The molecule has 0 saturated carbocycles. The van der Waals surface area contributed by atoms with Crippen LogP contribution >= 0.6 is 0 Å². The van der Waals surface area contributed by atoms with Gasteiger partial charge in [-0.2, -0.15) is 8.42 Å². The Morgan fingerprint density at radius 3 is 0.917 bits per heavy atom.